The smallest absolute Gasteiger partial charge is 0.306 e. The van der Waals surface area contributed by atoms with Crippen LogP contribution in [0, 0.1) is 0 Å². The Kier molecular flexibility index (Phi) is 54.1. The van der Waals surface area contributed by atoms with Crippen LogP contribution in [0.5, 0.6) is 0 Å². The summed E-state index contributed by atoms with van der Waals surface area (Å²) < 4.78 is 16.7. The minimum atomic E-state index is -0.838. The molecule has 0 heterocycles. The van der Waals surface area contributed by atoms with Crippen LogP contribution in [-0.4, -0.2) is 37.2 Å². The Morgan fingerprint density at radius 3 is 0.931 bits per heavy atom. The molecule has 0 bridgehead atoms. The van der Waals surface area contributed by atoms with Gasteiger partial charge in [-0.1, -0.05) is 217 Å². The molecule has 0 aromatic rings. The van der Waals surface area contributed by atoms with Gasteiger partial charge in [0.2, 0.25) is 0 Å². The fraction of sp³-hybridized carbons (Fsp3) is 0.530. The second-order valence-corrected chi connectivity index (χ2v) is 17.7. The SMILES string of the molecule is CC/C=C\C/C=C\C/C=C\C/C=C\C/C=C\C/C=C\C/C=C\C/C=C\CCCCC(=O)OCC(COC(=O)CCCCCCC/C=C\CCC)OC(=O)CCC/C=C\C/C=C\C/C=C\C/C=C\C/C=C\CC. The fourth-order valence-electron chi connectivity index (χ4n) is 6.79. The number of carbonyl (C=O) groups excluding carboxylic acids is 3. The van der Waals surface area contributed by atoms with Gasteiger partial charge in [-0.05, 0) is 141 Å². The summed E-state index contributed by atoms with van der Waals surface area (Å²) >= 11 is 0. The molecule has 0 fully saturated rings. The molecule has 0 aromatic heterocycles. The largest absolute Gasteiger partial charge is 0.462 e. The zero-order valence-corrected chi connectivity index (χ0v) is 45.6. The van der Waals surface area contributed by atoms with E-state index in [1.54, 1.807) is 0 Å². The number of unbranched alkanes of at least 4 members (excludes halogenated alkanes) is 9. The van der Waals surface area contributed by atoms with E-state index < -0.39 is 6.10 Å². The molecule has 72 heavy (non-hydrogen) atoms. The van der Waals surface area contributed by atoms with Crippen molar-refractivity contribution in [1.29, 1.82) is 0 Å². The van der Waals surface area contributed by atoms with E-state index in [1.807, 2.05) is 0 Å². The van der Waals surface area contributed by atoms with Crippen molar-refractivity contribution < 1.29 is 28.6 Å². The van der Waals surface area contributed by atoms with Crippen LogP contribution in [0.15, 0.2) is 170 Å². The molecule has 0 aliphatic heterocycles. The lowest BCUT2D eigenvalue weighted by atomic mass is 10.1. The Morgan fingerprint density at radius 1 is 0.292 bits per heavy atom. The van der Waals surface area contributed by atoms with Gasteiger partial charge in [0.15, 0.2) is 6.10 Å². The van der Waals surface area contributed by atoms with Crippen LogP contribution in [0.2, 0.25) is 0 Å². The third-order valence-corrected chi connectivity index (χ3v) is 10.9. The molecule has 1 unspecified atom stereocenters. The molecule has 0 radical (unpaired) electrons. The second-order valence-electron chi connectivity index (χ2n) is 17.7. The van der Waals surface area contributed by atoms with Crippen molar-refractivity contribution >= 4 is 17.9 Å². The maximum Gasteiger partial charge on any atom is 0.306 e. The maximum atomic E-state index is 12.8. The average molecular weight is 990 g/mol. The summed E-state index contributed by atoms with van der Waals surface area (Å²) in [5, 5.41) is 0. The Labute approximate surface area is 441 Å². The minimum absolute atomic E-state index is 0.128. The standard InChI is InChI=1S/C66H100O6/c1-4-7-10-13-16-19-22-24-26-28-29-30-31-32-33-34-35-36-37-39-40-42-44-47-50-53-56-59-65(68)71-62-63(61-70-64(67)58-55-52-49-46-21-18-15-12-9-6-3)72-66(69)60-57-54-51-48-45-43-41-38-27-25-23-20-17-14-11-8-5-2/h7-8,10-12,15-17,19-20,24-27,29-30,32-33,35-36,39-41,43-44,47-48,51,63H,4-6,9,13-14,18,21-23,28,31,34,37-38,42,45-46,49-50,52-62H2,1-3H3/b10-7-,11-8-,15-12-,19-16-,20-17-,26-24-,27-25-,30-29-,33-32-,36-35-,40-39-,43-41-,47-44-,51-48-. The average Bonchev–Trinajstić information content (AvgIpc) is 3.38. The van der Waals surface area contributed by atoms with Crippen LogP contribution in [-0.2, 0) is 28.6 Å². The van der Waals surface area contributed by atoms with Gasteiger partial charge < -0.3 is 14.2 Å². The van der Waals surface area contributed by atoms with E-state index in [-0.39, 0.29) is 44.0 Å². The molecule has 6 nitrogen and oxygen atoms in total. The van der Waals surface area contributed by atoms with Crippen molar-refractivity contribution in [2.75, 3.05) is 13.2 Å². The van der Waals surface area contributed by atoms with E-state index in [1.165, 1.54) is 12.8 Å². The number of esters is 3. The number of carbonyl (C=O) groups is 3. The van der Waals surface area contributed by atoms with Crippen molar-refractivity contribution in [3.63, 3.8) is 0 Å². The molecular formula is C66H100O6. The number of hydrogen-bond donors (Lipinski definition) is 0. The van der Waals surface area contributed by atoms with Crippen LogP contribution in [0.4, 0.5) is 0 Å². The molecule has 0 aliphatic rings. The highest BCUT2D eigenvalue weighted by Gasteiger charge is 2.19. The monoisotopic (exact) mass is 989 g/mol. The number of hydrogen-bond acceptors (Lipinski definition) is 6. The highest BCUT2D eigenvalue weighted by molar-refractivity contribution is 5.71. The Bertz CT molecular complexity index is 1700. The van der Waals surface area contributed by atoms with E-state index in [0.29, 0.717) is 19.3 Å². The van der Waals surface area contributed by atoms with E-state index >= 15 is 0 Å². The van der Waals surface area contributed by atoms with E-state index in [4.69, 9.17) is 14.2 Å². The summed E-state index contributed by atoms with van der Waals surface area (Å²) in [4.78, 5) is 38.0. The number of ether oxygens (including phenoxy) is 3. The zero-order chi connectivity index (χ0) is 52.2. The Morgan fingerprint density at radius 2 is 0.556 bits per heavy atom. The second kappa shape index (κ2) is 58.3. The van der Waals surface area contributed by atoms with Gasteiger partial charge in [0, 0.05) is 19.3 Å². The molecule has 0 saturated carbocycles. The first kappa shape index (κ1) is 66.8. The molecular weight excluding hydrogens is 889 g/mol. The number of rotatable bonds is 48. The summed E-state index contributed by atoms with van der Waals surface area (Å²) in [6.07, 6.45) is 86.5. The third-order valence-electron chi connectivity index (χ3n) is 10.9. The lowest BCUT2D eigenvalue weighted by Crippen LogP contribution is -2.30. The van der Waals surface area contributed by atoms with Crippen LogP contribution in [0.25, 0.3) is 0 Å². The van der Waals surface area contributed by atoms with Gasteiger partial charge in [-0.15, -0.1) is 0 Å². The molecule has 0 rings (SSSR count). The van der Waals surface area contributed by atoms with Crippen molar-refractivity contribution in [3.8, 4) is 0 Å². The van der Waals surface area contributed by atoms with Crippen LogP contribution >= 0.6 is 0 Å². The van der Waals surface area contributed by atoms with Gasteiger partial charge in [0.25, 0.3) is 0 Å². The van der Waals surface area contributed by atoms with Gasteiger partial charge in [-0.2, -0.15) is 0 Å². The summed E-state index contributed by atoms with van der Waals surface area (Å²) in [7, 11) is 0. The summed E-state index contributed by atoms with van der Waals surface area (Å²) in [5.74, 6) is -1.06. The van der Waals surface area contributed by atoms with Crippen LogP contribution in [0.3, 0.4) is 0 Å². The predicted molar refractivity (Wildman–Crippen MR) is 311 cm³/mol. The Hall–Kier alpha value is -5.23. The molecule has 0 aliphatic carbocycles. The summed E-state index contributed by atoms with van der Waals surface area (Å²) in [6, 6.07) is 0. The third kappa shape index (κ3) is 55.7. The first-order valence-electron chi connectivity index (χ1n) is 28.1. The molecule has 1 atom stereocenters. The molecule has 0 saturated heterocycles. The summed E-state index contributed by atoms with van der Waals surface area (Å²) in [6.45, 7) is 6.23. The first-order chi connectivity index (χ1) is 35.5. The zero-order valence-electron chi connectivity index (χ0n) is 45.6. The van der Waals surface area contributed by atoms with Gasteiger partial charge in [-0.3, -0.25) is 14.4 Å². The Balaban J connectivity index is 4.49. The lowest BCUT2D eigenvalue weighted by Gasteiger charge is -2.18. The molecule has 6 heteroatoms. The highest BCUT2D eigenvalue weighted by atomic mass is 16.6. The fourth-order valence-corrected chi connectivity index (χ4v) is 6.79. The molecule has 0 aromatic carbocycles. The van der Waals surface area contributed by atoms with Gasteiger partial charge in [0.05, 0.1) is 0 Å². The molecule has 0 N–H and O–H groups in total. The van der Waals surface area contributed by atoms with E-state index in [0.717, 1.165) is 141 Å². The van der Waals surface area contributed by atoms with Gasteiger partial charge in [0.1, 0.15) is 13.2 Å². The predicted octanol–water partition coefficient (Wildman–Crippen LogP) is 19.1. The van der Waals surface area contributed by atoms with Gasteiger partial charge >= 0.3 is 17.9 Å². The normalized spacial score (nSPS) is 13.4. The minimum Gasteiger partial charge on any atom is -0.462 e. The molecule has 400 valence electrons. The van der Waals surface area contributed by atoms with Crippen molar-refractivity contribution in [2.45, 2.75) is 213 Å². The van der Waals surface area contributed by atoms with Crippen molar-refractivity contribution in [3.05, 3.63) is 170 Å². The molecule has 0 amide bonds. The lowest BCUT2D eigenvalue weighted by molar-refractivity contribution is -0.167. The van der Waals surface area contributed by atoms with E-state index in [9.17, 15) is 14.4 Å². The highest BCUT2D eigenvalue weighted by Crippen LogP contribution is 2.11. The van der Waals surface area contributed by atoms with Crippen molar-refractivity contribution in [1.82, 2.24) is 0 Å². The van der Waals surface area contributed by atoms with Crippen LogP contribution in [0.1, 0.15) is 207 Å². The first-order valence-corrected chi connectivity index (χ1v) is 28.1. The topological polar surface area (TPSA) is 78.9 Å². The maximum absolute atomic E-state index is 12.8. The quantitative estimate of drug-likeness (QED) is 0.0262. The van der Waals surface area contributed by atoms with Gasteiger partial charge in [-0.25, -0.2) is 0 Å². The van der Waals surface area contributed by atoms with E-state index in [2.05, 4.69) is 191 Å². The molecule has 0 spiro atoms. The van der Waals surface area contributed by atoms with Crippen molar-refractivity contribution in [2.24, 2.45) is 0 Å². The number of allylic oxidation sites excluding steroid dienone is 28. The van der Waals surface area contributed by atoms with Crippen LogP contribution < -0.4 is 0 Å². The summed E-state index contributed by atoms with van der Waals surface area (Å²) in [5.41, 5.74) is 0.